The number of aromatic nitrogens is 6. The number of hydrogen-bond donors (Lipinski definition) is 2. The van der Waals surface area contributed by atoms with Crippen molar-refractivity contribution in [3.63, 3.8) is 0 Å². The highest BCUT2D eigenvalue weighted by Gasteiger charge is 2.13. The molecule has 0 unspecified atom stereocenters. The van der Waals surface area contributed by atoms with Crippen LogP contribution in [0.3, 0.4) is 0 Å². The Bertz CT molecular complexity index is 1030. The summed E-state index contributed by atoms with van der Waals surface area (Å²) in [5, 5.41) is 17.7. The molecule has 2 heterocycles. The van der Waals surface area contributed by atoms with Crippen LogP contribution < -0.4 is 21.2 Å². The van der Waals surface area contributed by atoms with Crippen molar-refractivity contribution in [2.45, 2.75) is 23.5 Å². The van der Waals surface area contributed by atoms with Gasteiger partial charge in [0, 0.05) is 11.5 Å². The van der Waals surface area contributed by atoms with Crippen molar-refractivity contribution in [2.24, 2.45) is 0 Å². The number of rotatable bonds is 11. The zero-order chi connectivity index (χ0) is 22.2. The molecule has 10 nitrogen and oxygen atoms in total. The molecule has 0 aliphatic heterocycles. The van der Waals surface area contributed by atoms with E-state index in [1.807, 2.05) is 60.7 Å². The summed E-state index contributed by atoms with van der Waals surface area (Å²) in [5.41, 5.74) is 0. The number of nitrogens with zero attached hydrogens (tertiary/aromatic N) is 6. The van der Waals surface area contributed by atoms with Gasteiger partial charge in [-0.25, -0.2) is 9.35 Å². The van der Waals surface area contributed by atoms with Gasteiger partial charge in [0.1, 0.15) is 24.7 Å². The van der Waals surface area contributed by atoms with Gasteiger partial charge in [-0.1, -0.05) is 59.9 Å². The van der Waals surface area contributed by atoms with Crippen molar-refractivity contribution in [3.05, 3.63) is 72.3 Å². The normalized spacial score (nSPS) is 10.9. The van der Waals surface area contributed by atoms with Crippen LogP contribution in [0.15, 0.2) is 71.0 Å². The van der Waals surface area contributed by atoms with Gasteiger partial charge < -0.3 is 21.2 Å². The second kappa shape index (κ2) is 10.8. The second-order valence-corrected chi connectivity index (χ2v) is 8.56. The molecule has 166 valence electrons. The third-order valence-corrected chi connectivity index (χ3v) is 6.39. The first-order valence-corrected chi connectivity index (χ1v) is 11.7. The Morgan fingerprint density at radius 3 is 1.44 bits per heavy atom. The van der Waals surface area contributed by atoms with Crippen LogP contribution in [0.25, 0.3) is 0 Å². The van der Waals surface area contributed by atoms with E-state index in [0.29, 0.717) is 22.0 Å². The Kier molecular flexibility index (Phi) is 7.35. The molecule has 2 aromatic heterocycles. The van der Waals surface area contributed by atoms with Crippen LogP contribution in [-0.4, -0.2) is 41.3 Å². The van der Waals surface area contributed by atoms with Crippen molar-refractivity contribution < 1.29 is 9.47 Å². The maximum Gasteiger partial charge on any atom is 0.209 e. The molecule has 0 saturated carbocycles. The first kappa shape index (κ1) is 21.8. The summed E-state index contributed by atoms with van der Waals surface area (Å²) < 4.78 is 14.2. The van der Waals surface area contributed by atoms with E-state index in [9.17, 15) is 0 Å². The fourth-order valence-corrected chi connectivity index (χ4v) is 4.32. The van der Waals surface area contributed by atoms with Crippen LogP contribution in [-0.2, 0) is 13.2 Å². The highest BCUT2D eigenvalue weighted by atomic mass is 32.2. The lowest BCUT2D eigenvalue weighted by Gasteiger charge is -2.06. The van der Waals surface area contributed by atoms with E-state index >= 15 is 0 Å². The summed E-state index contributed by atoms with van der Waals surface area (Å²) in [6, 6.07) is 19.0. The second-order valence-electron chi connectivity index (χ2n) is 6.44. The van der Waals surface area contributed by atoms with Gasteiger partial charge in [0.2, 0.25) is 10.3 Å². The Morgan fingerprint density at radius 1 is 0.625 bits per heavy atom. The number of nitrogens with two attached hydrogens (primary N) is 2. The number of thioether (sulfide) groups is 2. The van der Waals surface area contributed by atoms with Crippen molar-refractivity contribution in [1.82, 2.24) is 29.7 Å². The zero-order valence-corrected chi connectivity index (χ0v) is 18.7. The number of benzene rings is 2. The summed E-state index contributed by atoms with van der Waals surface area (Å²) in [7, 11) is 0. The SMILES string of the molecule is Nn1c(COc2ccccc2)nnc1SCCSc1nnc(COc2ccccc2)n1N. The van der Waals surface area contributed by atoms with Gasteiger partial charge in [0.05, 0.1) is 0 Å². The molecular weight excluding hydrogens is 448 g/mol. The predicted molar refractivity (Wildman–Crippen MR) is 123 cm³/mol. The molecule has 0 amide bonds. The first-order chi connectivity index (χ1) is 15.7. The molecule has 0 spiro atoms. The number of hydrogen-bond acceptors (Lipinski definition) is 10. The molecule has 12 heteroatoms. The van der Waals surface area contributed by atoms with Gasteiger partial charge in [0.25, 0.3) is 0 Å². The maximum absolute atomic E-state index is 6.09. The van der Waals surface area contributed by atoms with E-state index in [4.69, 9.17) is 21.2 Å². The quantitative estimate of drug-likeness (QED) is 0.191. The lowest BCUT2D eigenvalue weighted by molar-refractivity contribution is 0.291. The predicted octanol–water partition coefficient (Wildman–Crippen LogP) is 2.34. The van der Waals surface area contributed by atoms with E-state index < -0.39 is 0 Å². The van der Waals surface area contributed by atoms with Crippen LogP contribution in [0.5, 0.6) is 11.5 Å². The van der Waals surface area contributed by atoms with Crippen molar-refractivity contribution in [1.29, 1.82) is 0 Å². The molecule has 4 rings (SSSR count). The Hall–Kier alpha value is -3.38. The van der Waals surface area contributed by atoms with E-state index in [-0.39, 0.29) is 13.2 Å². The Labute approximate surface area is 193 Å². The molecule has 0 radical (unpaired) electrons. The lowest BCUT2D eigenvalue weighted by atomic mass is 10.3. The highest BCUT2D eigenvalue weighted by Crippen LogP contribution is 2.21. The Balaban J connectivity index is 1.22. The standard InChI is InChI=1S/C20H22N8O2S2/c21-27-17(13-29-15-7-3-1-4-8-15)23-25-19(27)31-11-12-32-20-26-24-18(28(20)22)14-30-16-9-5-2-6-10-16/h1-10H,11-14,21-22H2. The fraction of sp³-hybridized carbons (Fsp3) is 0.200. The lowest BCUT2D eigenvalue weighted by Crippen LogP contribution is -2.16. The Morgan fingerprint density at radius 2 is 1.03 bits per heavy atom. The van der Waals surface area contributed by atoms with Gasteiger partial charge >= 0.3 is 0 Å². The largest absolute Gasteiger partial charge is 0.486 e. The molecule has 32 heavy (non-hydrogen) atoms. The van der Waals surface area contributed by atoms with E-state index in [0.717, 1.165) is 23.0 Å². The number of nitrogen functional groups attached to an aromatic ring is 2. The maximum atomic E-state index is 6.09. The fourth-order valence-electron chi connectivity index (χ4n) is 2.60. The van der Waals surface area contributed by atoms with Crippen molar-refractivity contribution in [3.8, 4) is 11.5 Å². The van der Waals surface area contributed by atoms with Crippen LogP contribution in [0.2, 0.25) is 0 Å². The molecule has 0 bridgehead atoms. The third-order valence-electron chi connectivity index (χ3n) is 4.24. The van der Waals surface area contributed by atoms with E-state index in [1.165, 1.54) is 32.9 Å². The average Bonchev–Trinajstić information content (AvgIpc) is 3.37. The molecular formula is C20H22N8O2S2. The van der Waals surface area contributed by atoms with Gasteiger partial charge in [-0.3, -0.25) is 0 Å². The van der Waals surface area contributed by atoms with Gasteiger partial charge in [-0.2, -0.15) is 0 Å². The zero-order valence-electron chi connectivity index (χ0n) is 17.1. The average molecular weight is 471 g/mol. The minimum atomic E-state index is 0.243. The van der Waals surface area contributed by atoms with Crippen LogP contribution in [0, 0.1) is 0 Å². The van der Waals surface area contributed by atoms with Gasteiger partial charge in [0.15, 0.2) is 11.6 Å². The summed E-state index contributed by atoms with van der Waals surface area (Å²) in [6.07, 6.45) is 0. The minimum absolute atomic E-state index is 0.243. The highest BCUT2D eigenvalue weighted by molar-refractivity contribution is 8.02. The molecule has 2 aromatic carbocycles. The number of para-hydroxylation sites is 2. The third kappa shape index (κ3) is 5.65. The van der Waals surface area contributed by atoms with Crippen molar-refractivity contribution in [2.75, 3.05) is 23.2 Å². The van der Waals surface area contributed by atoms with E-state index in [2.05, 4.69) is 20.4 Å². The molecule has 0 atom stereocenters. The monoisotopic (exact) mass is 470 g/mol. The van der Waals surface area contributed by atoms with E-state index in [1.54, 1.807) is 0 Å². The molecule has 4 aromatic rings. The topological polar surface area (TPSA) is 132 Å². The summed E-state index contributed by atoms with van der Waals surface area (Å²) in [4.78, 5) is 0. The smallest absolute Gasteiger partial charge is 0.209 e. The van der Waals surface area contributed by atoms with Gasteiger partial charge in [-0.05, 0) is 24.3 Å². The van der Waals surface area contributed by atoms with Crippen LogP contribution in [0.1, 0.15) is 11.6 Å². The molecule has 0 fully saturated rings. The van der Waals surface area contributed by atoms with Crippen LogP contribution >= 0.6 is 23.5 Å². The first-order valence-electron chi connectivity index (χ1n) is 9.70. The van der Waals surface area contributed by atoms with Gasteiger partial charge in [-0.15, -0.1) is 20.4 Å². The molecule has 0 aliphatic rings. The van der Waals surface area contributed by atoms with Crippen LogP contribution in [0.4, 0.5) is 0 Å². The summed E-state index contributed by atoms with van der Waals surface area (Å²) >= 11 is 2.99. The number of ether oxygens (including phenoxy) is 2. The van der Waals surface area contributed by atoms with Crippen molar-refractivity contribution >= 4 is 23.5 Å². The molecule has 4 N–H and O–H groups in total. The summed E-state index contributed by atoms with van der Waals surface area (Å²) in [5.74, 6) is 16.3. The minimum Gasteiger partial charge on any atom is -0.486 e. The summed E-state index contributed by atoms with van der Waals surface area (Å²) in [6.45, 7) is 0.486. The molecule has 0 saturated heterocycles. The molecule has 0 aliphatic carbocycles.